The fourth-order valence-corrected chi connectivity index (χ4v) is 2.55. The van der Waals surface area contributed by atoms with Gasteiger partial charge in [-0.1, -0.05) is 47.5 Å². The summed E-state index contributed by atoms with van der Waals surface area (Å²) in [5, 5.41) is 4.70. The first-order valence-electron chi connectivity index (χ1n) is 5.77. The van der Waals surface area contributed by atoms with Crippen molar-refractivity contribution in [2.75, 3.05) is 6.54 Å². The average molecular weight is 271 g/mol. The molecule has 1 atom stereocenters. The summed E-state index contributed by atoms with van der Waals surface area (Å²) in [6, 6.07) is 6.18. The monoisotopic (exact) mass is 270 g/mol. The normalized spacial score (nSPS) is 17.6. The van der Waals surface area contributed by atoms with Gasteiger partial charge in [0.2, 0.25) is 0 Å². The molecular formula is C13H16Cl2N2. The maximum Gasteiger partial charge on any atom is 0.0640 e. The van der Waals surface area contributed by atoms with Crippen molar-refractivity contribution < 1.29 is 0 Å². The van der Waals surface area contributed by atoms with Crippen LogP contribution in [0.15, 0.2) is 30.4 Å². The third-order valence-corrected chi connectivity index (χ3v) is 3.87. The summed E-state index contributed by atoms with van der Waals surface area (Å²) < 4.78 is 0. The summed E-state index contributed by atoms with van der Waals surface area (Å²) in [6.45, 7) is 0.510. The summed E-state index contributed by atoms with van der Waals surface area (Å²) >= 11 is 12.2. The lowest BCUT2D eigenvalue weighted by molar-refractivity contribution is 0.453. The first-order valence-corrected chi connectivity index (χ1v) is 6.53. The molecule has 0 amide bonds. The number of hydrogen-bond acceptors (Lipinski definition) is 2. The molecule has 0 heterocycles. The SMILES string of the molecule is NCC(NC1CC=CC1)c1cccc(Cl)c1Cl. The molecule has 4 heteroatoms. The van der Waals surface area contributed by atoms with Crippen molar-refractivity contribution in [2.24, 2.45) is 5.73 Å². The molecule has 0 aromatic heterocycles. The lowest BCUT2D eigenvalue weighted by Crippen LogP contribution is -2.35. The Bertz CT molecular complexity index is 410. The van der Waals surface area contributed by atoms with Crippen LogP contribution >= 0.6 is 23.2 Å². The van der Waals surface area contributed by atoms with Crippen LogP contribution in [0.3, 0.4) is 0 Å². The second kappa shape index (κ2) is 5.87. The summed E-state index contributed by atoms with van der Waals surface area (Å²) in [6.07, 6.45) is 6.47. The van der Waals surface area contributed by atoms with E-state index in [0.29, 0.717) is 22.6 Å². The molecule has 0 saturated carbocycles. The van der Waals surface area contributed by atoms with Crippen molar-refractivity contribution in [1.82, 2.24) is 5.32 Å². The molecule has 1 aromatic rings. The van der Waals surface area contributed by atoms with Gasteiger partial charge in [0, 0.05) is 18.6 Å². The minimum atomic E-state index is 0.0612. The van der Waals surface area contributed by atoms with Gasteiger partial charge in [0.05, 0.1) is 10.0 Å². The van der Waals surface area contributed by atoms with Crippen LogP contribution in [0.5, 0.6) is 0 Å². The van der Waals surface area contributed by atoms with Crippen molar-refractivity contribution >= 4 is 23.2 Å². The summed E-state index contributed by atoms with van der Waals surface area (Å²) in [5.74, 6) is 0. The number of nitrogens with one attached hydrogen (secondary N) is 1. The Labute approximate surface area is 112 Å². The lowest BCUT2D eigenvalue weighted by Gasteiger charge is -2.23. The van der Waals surface area contributed by atoms with E-state index in [1.165, 1.54) is 0 Å². The zero-order valence-corrected chi connectivity index (χ0v) is 11.0. The topological polar surface area (TPSA) is 38.0 Å². The summed E-state index contributed by atoms with van der Waals surface area (Å²) in [4.78, 5) is 0. The Hall–Kier alpha value is -0.540. The van der Waals surface area contributed by atoms with Gasteiger partial charge in [-0.2, -0.15) is 0 Å². The van der Waals surface area contributed by atoms with E-state index in [4.69, 9.17) is 28.9 Å². The Balaban J connectivity index is 2.14. The molecule has 2 rings (SSSR count). The van der Waals surface area contributed by atoms with E-state index in [9.17, 15) is 0 Å². The molecule has 1 aliphatic carbocycles. The fourth-order valence-electron chi connectivity index (χ4n) is 2.11. The Morgan fingerprint density at radius 3 is 2.65 bits per heavy atom. The van der Waals surface area contributed by atoms with Gasteiger partial charge in [-0.3, -0.25) is 0 Å². The van der Waals surface area contributed by atoms with Gasteiger partial charge >= 0.3 is 0 Å². The van der Waals surface area contributed by atoms with Gasteiger partial charge in [-0.15, -0.1) is 0 Å². The molecule has 0 fully saturated rings. The molecular weight excluding hydrogens is 255 g/mol. The second-order valence-electron chi connectivity index (χ2n) is 4.24. The van der Waals surface area contributed by atoms with Gasteiger partial charge in [-0.05, 0) is 24.5 Å². The Morgan fingerprint density at radius 2 is 2.00 bits per heavy atom. The van der Waals surface area contributed by atoms with Crippen LogP contribution in [-0.2, 0) is 0 Å². The van der Waals surface area contributed by atoms with E-state index in [2.05, 4.69) is 17.5 Å². The van der Waals surface area contributed by atoms with Crippen molar-refractivity contribution in [3.05, 3.63) is 46.0 Å². The fraction of sp³-hybridized carbons (Fsp3) is 0.385. The van der Waals surface area contributed by atoms with E-state index in [1.807, 2.05) is 12.1 Å². The Kier molecular flexibility index (Phi) is 4.46. The molecule has 17 heavy (non-hydrogen) atoms. The largest absolute Gasteiger partial charge is 0.329 e. The van der Waals surface area contributed by atoms with Gasteiger partial charge in [0.25, 0.3) is 0 Å². The highest BCUT2D eigenvalue weighted by Gasteiger charge is 2.19. The van der Waals surface area contributed by atoms with Gasteiger partial charge in [0.1, 0.15) is 0 Å². The predicted molar refractivity (Wildman–Crippen MR) is 73.6 cm³/mol. The van der Waals surface area contributed by atoms with E-state index < -0.39 is 0 Å². The van der Waals surface area contributed by atoms with Crippen LogP contribution in [0.1, 0.15) is 24.4 Å². The predicted octanol–water partition coefficient (Wildman–Crippen LogP) is 3.30. The summed E-state index contributed by atoms with van der Waals surface area (Å²) in [7, 11) is 0. The van der Waals surface area contributed by atoms with Crippen LogP contribution in [-0.4, -0.2) is 12.6 Å². The number of rotatable bonds is 4. The highest BCUT2D eigenvalue weighted by atomic mass is 35.5. The van der Waals surface area contributed by atoms with Crippen molar-refractivity contribution in [3.63, 3.8) is 0 Å². The van der Waals surface area contributed by atoms with E-state index in [1.54, 1.807) is 6.07 Å². The standard InChI is InChI=1S/C13H16Cl2N2/c14-11-7-3-6-10(13(11)15)12(8-16)17-9-4-1-2-5-9/h1-3,6-7,9,12,17H,4-5,8,16H2. The van der Waals surface area contributed by atoms with E-state index >= 15 is 0 Å². The van der Waals surface area contributed by atoms with Crippen LogP contribution in [0.2, 0.25) is 10.0 Å². The van der Waals surface area contributed by atoms with Crippen molar-refractivity contribution in [1.29, 1.82) is 0 Å². The van der Waals surface area contributed by atoms with Crippen LogP contribution in [0, 0.1) is 0 Å². The van der Waals surface area contributed by atoms with Crippen LogP contribution in [0.25, 0.3) is 0 Å². The average Bonchev–Trinajstić information content (AvgIpc) is 2.83. The molecule has 3 N–H and O–H groups in total. The van der Waals surface area contributed by atoms with Crippen molar-refractivity contribution in [2.45, 2.75) is 24.9 Å². The number of halogens is 2. The first kappa shape index (κ1) is 12.9. The number of nitrogens with two attached hydrogens (primary N) is 1. The van der Waals surface area contributed by atoms with Gasteiger partial charge in [-0.25, -0.2) is 0 Å². The smallest absolute Gasteiger partial charge is 0.0640 e. The highest BCUT2D eigenvalue weighted by molar-refractivity contribution is 6.42. The molecule has 0 aliphatic heterocycles. The highest BCUT2D eigenvalue weighted by Crippen LogP contribution is 2.30. The third-order valence-electron chi connectivity index (χ3n) is 3.04. The number of hydrogen-bond donors (Lipinski definition) is 2. The van der Waals surface area contributed by atoms with E-state index in [-0.39, 0.29) is 6.04 Å². The lowest BCUT2D eigenvalue weighted by atomic mass is 10.1. The minimum absolute atomic E-state index is 0.0612. The van der Waals surface area contributed by atoms with Crippen LogP contribution in [0.4, 0.5) is 0 Å². The molecule has 2 nitrogen and oxygen atoms in total. The molecule has 0 radical (unpaired) electrons. The van der Waals surface area contributed by atoms with Gasteiger partial charge in [0.15, 0.2) is 0 Å². The minimum Gasteiger partial charge on any atom is -0.329 e. The van der Waals surface area contributed by atoms with Crippen molar-refractivity contribution in [3.8, 4) is 0 Å². The molecule has 1 aromatic carbocycles. The third kappa shape index (κ3) is 3.02. The zero-order valence-electron chi connectivity index (χ0n) is 9.50. The molecule has 92 valence electrons. The molecule has 1 aliphatic rings. The Morgan fingerprint density at radius 1 is 1.29 bits per heavy atom. The second-order valence-corrected chi connectivity index (χ2v) is 5.02. The van der Waals surface area contributed by atoms with Gasteiger partial charge < -0.3 is 11.1 Å². The number of benzene rings is 1. The molecule has 1 unspecified atom stereocenters. The quantitative estimate of drug-likeness (QED) is 0.824. The van der Waals surface area contributed by atoms with Crippen LogP contribution < -0.4 is 11.1 Å². The maximum atomic E-state index is 6.21. The molecule has 0 spiro atoms. The molecule has 0 bridgehead atoms. The molecule has 0 saturated heterocycles. The van der Waals surface area contributed by atoms with E-state index in [0.717, 1.165) is 18.4 Å². The summed E-state index contributed by atoms with van der Waals surface area (Å²) in [5.41, 5.74) is 6.80. The first-order chi connectivity index (χ1) is 8.22. The zero-order chi connectivity index (χ0) is 12.3. The maximum absolute atomic E-state index is 6.21.